The zero-order valence-corrected chi connectivity index (χ0v) is 15.5. The Morgan fingerprint density at radius 2 is 1.96 bits per heavy atom. The van der Waals surface area contributed by atoms with Gasteiger partial charge in [0.2, 0.25) is 11.8 Å². The number of halogens is 1. The van der Waals surface area contributed by atoms with Gasteiger partial charge in [-0.2, -0.15) is 0 Å². The Bertz CT molecular complexity index is 562. The summed E-state index contributed by atoms with van der Waals surface area (Å²) < 4.78 is 6.16. The Kier molecular flexibility index (Phi) is 7.68. The summed E-state index contributed by atoms with van der Waals surface area (Å²) in [5, 5.41) is 2.86. The molecule has 1 fully saturated rings. The molecule has 0 radical (unpaired) electrons. The maximum atomic E-state index is 12.1. The lowest BCUT2D eigenvalue weighted by Crippen LogP contribution is -2.43. The van der Waals surface area contributed by atoms with Crippen LogP contribution in [0.25, 0.3) is 0 Å². The Morgan fingerprint density at radius 1 is 1.25 bits per heavy atom. The number of benzene rings is 1. The Balaban J connectivity index is 1.76. The van der Waals surface area contributed by atoms with Crippen molar-refractivity contribution in [3.63, 3.8) is 0 Å². The van der Waals surface area contributed by atoms with Crippen molar-refractivity contribution < 1.29 is 14.3 Å². The number of amides is 2. The number of nitrogens with one attached hydrogen (secondary N) is 1. The van der Waals surface area contributed by atoms with Gasteiger partial charge in [-0.05, 0) is 28.1 Å². The molecule has 1 N–H and O–H groups in total. The first-order valence-corrected chi connectivity index (χ1v) is 8.95. The first-order chi connectivity index (χ1) is 11.6. The van der Waals surface area contributed by atoms with Gasteiger partial charge in [-0.15, -0.1) is 0 Å². The van der Waals surface area contributed by atoms with Crippen molar-refractivity contribution in [1.29, 1.82) is 0 Å². The minimum atomic E-state index is -0.0977. The van der Waals surface area contributed by atoms with Crippen LogP contribution in [-0.4, -0.2) is 67.6 Å². The number of para-hydroxylation sites is 1. The molecule has 2 amide bonds. The number of nitrogens with zero attached hydrogens (tertiary/aromatic N) is 2. The molecule has 2 rings (SSSR count). The fraction of sp³-hybridized carbons (Fsp3) is 0.529. The average Bonchev–Trinajstić information content (AvgIpc) is 2.57. The number of carbonyl (C=O) groups is 2. The SMILES string of the molecule is CC(=O)N(CCC(=O)Nc1ccccc1Br)CCN1CCOCC1. The lowest BCUT2D eigenvalue weighted by Gasteiger charge is -2.29. The molecule has 7 heteroatoms. The van der Waals surface area contributed by atoms with E-state index in [1.165, 1.54) is 0 Å². The van der Waals surface area contributed by atoms with E-state index in [1.807, 2.05) is 24.3 Å². The van der Waals surface area contributed by atoms with Crippen LogP contribution in [-0.2, 0) is 14.3 Å². The molecular weight excluding hydrogens is 374 g/mol. The Hall–Kier alpha value is -1.44. The highest BCUT2D eigenvalue weighted by Crippen LogP contribution is 2.21. The van der Waals surface area contributed by atoms with Crippen molar-refractivity contribution in [2.45, 2.75) is 13.3 Å². The maximum absolute atomic E-state index is 12.1. The second-order valence-corrected chi connectivity index (χ2v) is 6.59. The van der Waals surface area contributed by atoms with Crippen LogP contribution < -0.4 is 5.32 Å². The van der Waals surface area contributed by atoms with Crippen molar-refractivity contribution in [1.82, 2.24) is 9.80 Å². The number of rotatable bonds is 7. The molecule has 1 saturated heterocycles. The summed E-state index contributed by atoms with van der Waals surface area (Å²) in [4.78, 5) is 27.9. The van der Waals surface area contributed by atoms with Crippen LogP contribution in [0.2, 0.25) is 0 Å². The highest BCUT2D eigenvalue weighted by Gasteiger charge is 2.15. The van der Waals surface area contributed by atoms with E-state index in [4.69, 9.17) is 4.74 Å². The summed E-state index contributed by atoms with van der Waals surface area (Å²) in [6.07, 6.45) is 0.282. The first kappa shape index (κ1) is 18.9. The highest BCUT2D eigenvalue weighted by atomic mass is 79.9. The molecule has 0 unspecified atom stereocenters. The van der Waals surface area contributed by atoms with Crippen molar-refractivity contribution in [2.24, 2.45) is 0 Å². The molecule has 0 saturated carbocycles. The summed E-state index contributed by atoms with van der Waals surface area (Å²) >= 11 is 3.40. The van der Waals surface area contributed by atoms with Crippen LogP contribution in [0, 0.1) is 0 Å². The zero-order valence-electron chi connectivity index (χ0n) is 14.0. The lowest BCUT2D eigenvalue weighted by atomic mass is 10.3. The minimum Gasteiger partial charge on any atom is -0.379 e. The smallest absolute Gasteiger partial charge is 0.226 e. The van der Waals surface area contributed by atoms with Crippen molar-refractivity contribution in [2.75, 3.05) is 51.3 Å². The Labute approximate surface area is 151 Å². The van der Waals surface area contributed by atoms with Gasteiger partial charge in [-0.25, -0.2) is 0 Å². The van der Waals surface area contributed by atoms with Gasteiger partial charge < -0.3 is 15.0 Å². The van der Waals surface area contributed by atoms with E-state index in [2.05, 4.69) is 26.1 Å². The third-order valence-electron chi connectivity index (χ3n) is 3.99. The maximum Gasteiger partial charge on any atom is 0.226 e. The number of hydrogen-bond donors (Lipinski definition) is 1. The van der Waals surface area contributed by atoms with Crippen LogP contribution in [0.3, 0.4) is 0 Å². The Morgan fingerprint density at radius 3 is 2.62 bits per heavy atom. The second-order valence-electron chi connectivity index (χ2n) is 5.74. The zero-order chi connectivity index (χ0) is 17.4. The molecule has 0 aliphatic carbocycles. The summed E-state index contributed by atoms with van der Waals surface area (Å²) in [6, 6.07) is 7.47. The molecule has 24 heavy (non-hydrogen) atoms. The third-order valence-corrected chi connectivity index (χ3v) is 4.68. The standard InChI is InChI=1S/C17H24BrN3O3/c1-14(22)21(9-8-20-10-12-24-13-11-20)7-6-17(23)19-16-5-3-2-4-15(16)18/h2-5H,6-13H2,1H3,(H,19,23). The van der Waals surface area contributed by atoms with Crippen LogP contribution in [0.5, 0.6) is 0 Å². The topological polar surface area (TPSA) is 61.9 Å². The molecule has 1 heterocycles. The van der Waals surface area contributed by atoms with Crippen LogP contribution >= 0.6 is 15.9 Å². The van der Waals surface area contributed by atoms with Gasteiger partial charge in [0.25, 0.3) is 0 Å². The number of carbonyl (C=O) groups excluding carboxylic acids is 2. The van der Waals surface area contributed by atoms with E-state index in [1.54, 1.807) is 11.8 Å². The molecule has 0 bridgehead atoms. The molecule has 0 spiro atoms. The van der Waals surface area contributed by atoms with Crippen LogP contribution in [0.4, 0.5) is 5.69 Å². The van der Waals surface area contributed by atoms with Crippen molar-refractivity contribution in [3.8, 4) is 0 Å². The molecule has 0 aromatic heterocycles. The van der Waals surface area contributed by atoms with Gasteiger partial charge in [0.15, 0.2) is 0 Å². The van der Waals surface area contributed by atoms with E-state index in [9.17, 15) is 9.59 Å². The fourth-order valence-electron chi connectivity index (χ4n) is 2.53. The van der Waals surface area contributed by atoms with E-state index < -0.39 is 0 Å². The molecule has 0 atom stereocenters. The number of ether oxygens (including phenoxy) is 1. The van der Waals surface area contributed by atoms with Gasteiger partial charge >= 0.3 is 0 Å². The quantitative estimate of drug-likeness (QED) is 0.763. The van der Waals surface area contributed by atoms with Crippen LogP contribution in [0.1, 0.15) is 13.3 Å². The van der Waals surface area contributed by atoms with Gasteiger partial charge in [0.1, 0.15) is 0 Å². The van der Waals surface area contributed by atoms with E-state index in [-0.39, 0.29) is 18.2 Å². The van der Waals surface area contributed by atoms with Crippen molar-refractivity contribution in [3.05, 3.63) is 28.7 Å². The minimum absolute atomic E-state index is 0.00282. The predicted octanol–water partition coefficient (Wildman–Crippen LogP) is 1.96. The summed E-state index contributed by atoms with van der Waals surface area (Å²) in [5.41, 5.74) is 0.741. The lowest BCUT2D eigenvalue weighted by molar-refractivity contribution is -0.129. The van der Waals surface area contributed by atoms with E-state index >= 15 is 0 Å². The van der Waals surface area contributed by atoms with Gasteiger partial charge in [0, 0.05) is 50.5 Å². The largest absolute Gasteiger partial charge is 0.379 e. The van der Waals surface area contributed by atoms with Crippen molar-refractivity contribution >= 4 is 33.4 Å². The van der Waals surface area contributed by atoms with E-state index in [0.29, 0.717) is 13.1 Å². The van der Waals surface area contributed by atoms with Gasteiger partial charge in [-0.1, -0.05) is 12.1 Å². The number of anilines is 1. The summed E-state index contributed by atoms with van der Waals surface area (Å²) in [7, 11) is 0. The molecule has 1 aliphatic heterocycles. The molecule has 6 nitrogen and oxygen atoms in total. The van der Waals surface area contributed by atoms with Gasteiger partial charge in [-0.3, -0.25) is 14.5 Å². The second kappa shape index (κ2) is 9.76. The molecule has 1 aliphatic rings. The van der Waals surface area contributed by atoms with Gasteiger partial charge in [0.05, 0.1) is 18.9 Å². The highest BCUT2D eigenvalue weighted by molar-refractivity contribution is 9.10. The monoisotopic (exact) mass is 397 g/mol. The van der Waals surface area contributed by atoms with Crippen LogP contribution in [0.15, 0.2) is 28.7 Å². The fourth-order valence-corrected chi connectivity index (χ4v) is 2.91. The molecule has 1 aromatic rings. The molecule has 1 aromatic carbocycles. The summed E-state index contributed by atoms with van der Waals surface area (Å²) in [5.74, 6) is -0.100. The predicted molar refractivity (Wildman–Crippen MR) is 96.9 cm³/mol. The number of hydrogen-bond acceptors (Lipinski definition) is 4. The number of morpholine rings is 1. The normalized spacial score (nSPS) is 15.1. The van der Waals surface area contributed by atoms with E-state index in [0.717, 1.165) is 43.0 Å². The first-order valence-electron chi connectivity index (χ1n) is 8.16. The molecular formula is C17H24BrN3O3. The molecule has 132 valence electrons. The summed E-state index contributed by atoms with van der Waals surface area (Å²) in [6.45, 7) is 6.71. The third kappa shape index (κ3) is 6.22. The average molecular weight is 398 g/mol.